The van der Waals surface area contributed by atoms with Crippen molar-refractivity contribution in [2.45, 2.75) is 6.92 Å². The van der Waals surface area contributed by atoms with E-state index in [-0.39, 0.29) is 5.91 Å². The van der Waals surface area contributed by atoms with Gasteiger partial charge in [-0.1, -0.05) is 17.7 Å². The maximum atomic E-state index is 12.7. The number of nitrogens with zero attached hydrogens (tertiary/aromatic N) is 3. The molecule has 5 aromatic rings. The second kappa shape index (κ2) is 6.95. The number of carbonyl (C=O) groups is 1. The van der Waals surface area contributed by atoms with Crippen molar-refractivity contribution in [3.05, 3.63) is 70.7 Å². The zero-order valence-corrected chi connectivity index (χ0v) is 16.7. The van der Waals surface area contributed by atoms with Gasteiger partial charge in [-0.3, -0.25) is 4.79 Å². The molecule has 0 radical (unpaired) electrons. The van der Waals surface area contributed by atoms with E-state index in [1.165, 1.54) is 0 Å². The molecule has 3 aromatic carbocycles. The highest BCUT2D eigenvalue weighted by Crippen LogP contribution is 2.31. The molecule has 2 heterocycles. The Morgan fingerprint density at radius 2 is 1.86 bits per heavy atom. The van der Waals surface area contributed by atoms with Crippen LogP contribution in [0.1, 0.15) is 15.9 Å². The van der Waals surface area contributed by atoms with Gasteiger partial charge in [0, 0.05) is 11.1 Å². The fourth-order valence-electron chi connectivity index (χ4n) is 3.03. The van der Waals surface area contributed by atoms with Crippen molar-refractivity contribution < 1.29 is 9.21 Å². The summed E-state index contributed by atoms with van der Waals surface area (Å²) >= 11 is 7.42. The molecular weight excluding hydrogens is 408 g/mol. The predicted octanol–water partition coefficient (Wildman–Crippen LogP) is 5.71. The Morgan fingerprint density at radius 1 is 1.00 bits per heavy atom. The standard InChI is InChI=1S/C21H13ClN4O2S/c1-11-2-7-19-18(8-11)24-21(28-19)13-3-5-14(22)16(10-13)23-20(27)12-4-6-15-17(9-12)26-29-25-15/h2-10H,1H3,(H,23,27). The van der Waals surface area contributed by atoms with E-state index in [4.69, 9.17) is 16.0 Å². The van der Waals surface area contributed by atoms with Gasteiger partial charge in [0.1, 0.15) is 16.6 Å². The molecule has 0 aliphatic carbocycles. The fraction of sp³-hybridized carbons (Fsp3) is 0.0476. The monoisotopic (exact) mass is 420 g/mol. The van der Waals surface area contributed by atoms with Crippen LogP contribution in [0, 0.1) is 6.92 Å². The van der Waals surface area contributed by atoms with Gasteiger partial charge in [0.2, 0.25) is 5.89 Å². The Kier molecular flexibility index (Phi) is 4.26. The number of rotatable bonds is 3. The number of aromatic nitrogens is 3. The average molecular weight is 421 g/mol. The number of nitrogens with one attached hydrogen (secondary N) is 1. The molecule has 0 atom stereocenters. The van der Waals surface area contributed by atoms with Crippen LogP contribution in [-0.2, 0) is 0 Å². The van der Waals surface area contributed by atoms with Crippen LogP contribution in [-0.4, -0.2) is 19.6 Å². The molecule has 0 aliphatic heterocycles. The molecule has 5 rings (SSSR count). The summed E-state index contributed by atoms with van der Waals surface area (Å²) < 4.78 is 14.2. The number of aryl methyl sites for hydroxylation is 1. The Bertz CT molecular complexity index is 1390. The lowest BCUT2D eigenvalue weighted by Gasteiger charge is -2.08. The number of benzene rings is 3. The summed E-state index contributed by atoms with van der Waals surface area (Å²) in [5, 5.41) is 3.27. The zero-order valence-electron chi connectivity index (χ0n) is 15.1. The van der Waals surface area contributed by atoms with Gasteiger partial charge in [0.25, 0.3) is 5.91 Å². The number of carbonyl (C=O) groups excluding carboxylic acids is 1. The summed E-state index contributed by atoms with van der Waals surface area (Å²) in [5.74, 6) is 0.180. The largest absolute Gasteiger partial charge is 0.436 e. The van der Waals surface area contributed by atoms with Crippen LogP contribution in [0.2, 0.25) is 5.02 Å². The normalized spacial score (nSPS) is 11.2. The van der Waals surface area contributed by atoms with Crippen molar-refractivity contribution in [1.82, 2.24) is 13.7 Å². The molecule has 0 spiro atoms. The summed E-state index contributed by atoms with van der Waals surface area (Å²) in [6.07, 6.45) is 0. The van der Waals surface area contributed by atoms with Crippen LogP contribution in [0.4, 0.5) is 5.69 Å². The van der Waals surface area contributed by atoms with Gasteiger partial charge < -0.3 is 9.73 Å². The summed E-state index contributed by atoms with van der Waals surface area (Å²) in [6, 6.07) is 16.3. The van der Waals surface area contributed by atoms with Crippen molar-refractivity contribution >= 4 is 57.1 Å². The van der Waals surface area contributed by atoms with Gasteiger partial charge >= 0.3 is 0 Å². The molecular formula is C21H13ClN4O2S. The van der Waals surface area contributed by atoms with Gasteiger partial charge in [-0.25, -0.2) is 4.98 Å². The second-order valence-electron chi connectivity index (χ2n) is 6.61. The van der Waals surface area contributed by atoms with Gasteiger partial charge in [-0.15, -0.1) is 0 Å². The minimum Gasteiger partial charge on any atom is -0.436 e. The van der Waals surface area contributed by atoms with Gasteiger partial charge in [0.05, 0.1) is 22.4 Å². The molecule has 0 saturated heterocycles. The summed E-state index contributed by atoms with van der Waals surface area (Å²) in [7, 11) is 0. The zero-order chi connectivity index (χ0) is 20.0. The molecule has 6 nitrogen and oxygen atoms in total. The molecule has 8 heteroatoms. The minimum absolute atomic E-state index is 0.285. The maximum Gasteiger partial charge on any atom is 0.255 e. The number of hydrogen-bond acceptors (Lipinski definition) is 6. The van der Waals surface area contributed by atoms with Crippen molar-refractivity contribution in [2.75, 3.05) is 5.32 Å². The van der Waals surface area contributed by atoms with Crippen molar-refractivity contribution in [2.24, 2.45) is 0 Å². The van der Waals surface area contributed by atoms with Crippen molar-refractivity contribution in [3.8, 4) is 11.5 Å². The van der Waals surface area contributed by atoms with E-state index < -0.39 is 0 Å². The quantitative estimate of drug-likeness (QED) is 0.404. The lowest BCUT2D eigenvalue weighted by molar-refractivity contribution is 0.102. The molecule has 0 bridgehead atoms. The van der Waals surface area contributed by atoms with Crippen LogP contribution in [0.5, 0.6) is 0 Å². The Balaban J connectivity index is 1.47. The molecule has 29 heavy (non-hydrogen) atoms. The number of oxazole rings is 1. The van der Waals surface area contributed by atoms with Crippen LogP contribution in [0.25, 0.3) is 33.6 Å². The Labute approximate surface area is 174 Å². The first-order valence-electron chi connectivity index (χ1n) is 8.78. The van der Waals surface area contributed by atoms with Crippen molar-refractivity contribution in [1.29, 1.82) is 0 Å². The molecule has 0 fully saturated rings. The third kappa shape index (κ3) is 3.35. The van der Waals surface area contributed by atoms with Crippen LogP contribution < -0.4 is 5.32 Å². The summed E-state index contributed by atoms with van der Waals surface area (Å²) in [5.41, 5.74) is 5.71. The first-order valence-corrected chi connectivity index (χ1v) is 9.88. The third-order valence-electron chi connectivity index (χ3n) is 4.52. The van der Waals surface area contributed by atoms with Gasteiger partial charge in [0.15, 0.2) is 5.58 Å². The van der Waals surface area contributed by atoms with E-state index >= 15 is 0 Å². The maximum absolute atomic E-state index is 12.7. The topological polar surface area (TPSA) is 80.9 Å². The highest BCUT2D eigenvalue weighted by atomic mass is 35.5. The van der Waals surface area contributed by atoms with E-state index in [2.05, 4.69) is 19.0 Å². The number of hydrogen-bond donors (Lipinski definition) is 1. The number of anilines is 1. The summed E-state index contributed by atoms with van der Waals surface area (Å²) in [6.45, 7) is 2.00. The summed E-state index contributed by atoms with van der Waals surface area (Å²) in [4.78, 5) is 17.2. The lowest BCUT2D eigenvalue weighted by Crippen LogP contribution is -2.12. The highest BCUT2D eigenvalue weighted by molar-refractivity contribution is 7.00. The minimum atomic E-state index is -0.285. The third-order valence-corrected chi connectivity index (χ3v) is 5.41. The molecule has 0 saturated carbocycles. The molecule has 0 aliphatic rings. The lowest BCUT2D eigenvalue weighted by atomic mass is 10.1. The second-order valence-corrected chi connectivity index (χ2v) is 7.54. The van der Waals surface area contributed by atoms with E-state index in [9.17, 15) is 4.79 Å². The van der Waals surface area contributed by atoms with Crippen LogP contribution in [0.3, 0.4) is 0 Å². The van der Waals surface area contributed by atoms with Gasteiger partial charge in [-0.2, -0.15) is 8.75 Å². The first kappa shape index (κ1) is 17.8. The Hall–Kier alpha value is -3.29. The molecule has 142 valence electrons. The molecule has 1 N–H and O–H groups in total. The number of halogens is 1. The Morgan fingerprint density at radius 3 is 2.76 bits per heavy atom. The number of amides is 1. The first-order chi connectivity index (χ1) is 14.1. The van der Waals surface area contributed by atoms with E-state index in [0.29, 0.717) is 33.3 Å². The van der Waals surface area contributed by atoms with Gasteiger partial charge in [-0.05, 0) is 61.0 Å². The van der Waals surface area contributed by atoms with Crippen molar-refractivity contribution in [3.63, 3.8) is 0 Å². The molecule has 2 aromatic heterocycles. The average Bonchev–Trinajstić information content (AvgIpc) is 3.35. The van der Waals surface area contributed by atoms with E-state index in [1.54, 1.807) is 30.3 Å². The smallest absolute Gasteiger partial charge is 0.255 e. The van der Waals surface area contributed by atoms with Crippen LogP contribution in [0.15, 0.2) is 59.0 Å². The predicted molar refractivity (Wildman–Crippen MR) is 115 cm³/mol. The highest BCUT2D eigenvalue weighted by Gasteiger charge is 2.14. The molecule has 0 unspecified atom stereocenters. The fourth-order valence-corrected chi connectivity index (χ4v) is 3.72. The number of fused-ring (bicyclic) bond motifs is 2. The van der Waals surface area contributed by atoms with Crippen LogP contribution >= 0.6 is 23.3 Å². The van der Waals surface area contributed by atoms with E-state index in [1.807, 2.05) is 31.2 Å². The molecule has 1 amide bonds. The SMILES string of the molecule is Cc1ccc2oc(-c3ccc(Cl)c(NC(=O)c4ccc5nsnc5c4)c3)nc2c1. The van der Waals surface area contributed by atoms with E-state index in [0.717, 1.165) is 33.9 Å².